The number of hydrogen-bond acceptors (Lipinski definition) is 1. The molecule has 0 radical (unpaired) electrons. The van der Waals surface area contributed by atoms with Crippen molar-refractivity contribution < 1.29 is 18.3 Å². The highest BCUT2D eigenvalue weighted by Crippen LogP contribution is 2.11. The summed E-state index contributed by atoms with van der Waals surface area (Å²) < 4.78 is 33.8. The van der Waals surface area contributed by atoms with Crippen molar-refractivity contribution in [3.05, 3.63) is 0 Å². The molecule has 0 aliphatic heterocycles. The van der Waals surface area contributed by atoms with Gasteiger partial charge in [0, 0.05) is 5.92 Å². The number of aliphatic hydroxyl groups excluding tert-OH is 1. The maximum atomic E-state index is 11.3. The molecule has 0 aliphatic rings. The maximum absolute atomic E-state index is 11.3. The van der Waals surface area contributed by atoms with Crippen LogP contribution in [-0.2, 0) is 0 Å². The van der Waals surface area contributed by atoms with Gasteiger partial charge in [0.2, 0.25) is 0 Å². The van der Waals surface area contributed by atoms with Gasteiger partial charge in [-0.25, -0.2) is 0 Å². The molecule has 0 aromatic heterocycles. The molecule has 0 spiro atoms. The molecule has 1 N–H and O–H groups in total. The molecule has 1 nitrogen and oxygen atoms in total. The molecule has 58 valence electrons. The van der Waals surface area contributed by atoms with Crippen LogP contribution < -0.4 is 0 Å². The van der Waals surface area contributed by atoms with Crippen molar-refractivity contribution in [2.24, 2.45) is 0 Å². The van der Waals surface area contributed by atoms with Crippen LogP contribution in [0.15, 0.2) is 0 Å². The summed E-state index contributed by atoms with van der Waals surface area (Å²) in [5.41, 5.74) is 0. The van der Waals surface area contributed by atoms with E-state index in [9.17, 15) is 13.2 Å². The van der Waals surface area contributed by atoms with Gasteiger partial charge < -0.3 is 5.11 Å². The molecule has 10 heavy (non-hydrogen) atoms. The van der Waals surface area contributed by atoms with Crippen LogP contribution >= 0.6 is 0 Å². The number of hydrogen-bond donors (Lipinski definition) is 1. The van der Waals surface area contributed by atoms with E-state index < -0.39 is 12.3 Å². The molecule has 0 bridgehead atoms. The van der Waals surface area contributed by atoms with Crippen molar-refractivity contribution in [2.75, 3.05) is 0 Å². The number of alkyl halides is 3. The first-order chi connectivity index (χ1) is 4.45. The van der Waals surface area contributed by atoms with Crippen LogP contribution in [0, 0.1) is 11.8 Å². The number of halogens is 3. The van der Waals surface area contributed by atoms with Crippen LogP contribution in [0.5, 0.6) is 0 Å². The fourth-order valence-corrected chi connectivity index (χ4v) is 0.267. The predicted octanol–water partition coefficient (Wildman–Crippen LogP) is 1.32. The molecule has 0 fully saturated rings. The van der Waals surface area contributed by atoms with E-state index >= 15 is 0 Å². The molecule has 0 aromatic rings. The van der Waals surface area contributed by atoms with E-state index in [2.05, 4.69) is 0 Å². The molecule has 4 heteroatoms. The van der Waals surface area contributed by atoms with Gasteiger partial charge in [0.25, 0.3) is 0 Å². The molecule has 0 saturated carbocycles. The fourth-order valence-electron chi connectivity index (χ4n) is 0.267. The summed E-state index contributed by atoms with van der Waals surface area (Å²) >= 11 is 0. The predicted molar refractivity (Wildman–Crippen MR) is 30.1 cm³/mol. The second-order valence-corrected chi connectivity index (χ2v) is 1.69. The van der Waals surface area contributed by atoms with Gasteiger partial charge in [0.1, 0.15) is 6.10 Å². The van der Waals surface area contributed by atoms with Gasteiger partial charge in [-0.3, -0.25) is 0 Å². The monoisotopic (exact) mass is 152 g/mol. The third-order valence-electron chi connectivity index (χ3n) is 0.767. The SMILES string of the molecule is CCC(O)C#CC(F)(F)F. The lowest BCUT2D eigenvalue weighted by molar-refractivity contribution is -0.0700. The lowest BCUT2D eigenvalue weighted by Gasteiger charge is -1.96. The van der Waals surface area contributed by atoms with Gasteiger partial charge in [0.05, 0.1) is 0 Å². The van der Waals surface area contributed by atoms with Gasteiger partial charge in [-0.2, -0.15) is 13.2 Å². The fraction of sp³-hybridized carbons (Fsp3) is 0.667. The van der Waals surface area contributed by atoms with Crippen LogP contribution in [0.25, 0.3) is 0 Å². The van der Waals surface area contributed by atoms with E-state index in [4.69, 9.17) is 5.11 Å². The lowest BCUT2D eigenvalue weighted by Crippen LogP contribution is -2.06. The van der Waals surface area contributed by atoms with Crippen LogP contribution in [0.4, 0.5) is 13.2 Å². The topological polar surface area (TPSA) is 20.2 Å². The van der Waals surface area contributed by atoms with Crippen molar-refractivity contribution in [1.29, 1.82) is 0 Å². The summed E-state index contributed by atoms with van der Waals surface area (Å²) in [5, 5.41) is 8.55. The Morgan fingerprint density at radius 1 is 1.50 bits per heavy atom. The van der Waals surface area contributed by atoms with Crippen LogP contribution in [0.1, 0.15) is 13.3 Å². The standard InChI is InChI=1S/C6H7F3O/c1-2-5(10)3-4-6(7,8)9/h5,10H,2H2,1H3. The Bertz CT molecular complexity index is 151. The highest BCUT2D eigenvalue weighted by Gasteiger charge is 2.23. The smallest absolute Gasteiger partial charge is 0.380 e. The van der Waals surface area contributed by atoms with E-state index in [1.165, 1.54) is 0 Å². The average molecular weight is 152 g/mol. The third kappa shape index (κ3) is 5.45. The zero-order valence-electron chi connectivity index (χ0n) is 5.37. The third-order valence-corrected chi connectivity index (χ3v) is 0.767. The minimum absolute atomic E-state index is 0.211. The van der Waals surface area contributed by atoms with Crippen LogP contribution in [-0.4, -0.2) is 17.4 Å². The molecule has 1 unspecified atom stereocenters. The van der Waals surface area contributed by atoms with E-state index in [-0.39, 0.29) is 6.42 Å². The molecular weight excluding hydrogens is 145 g/mol. The minimum atomic E-state index is -4.49. The number of aliphatic hydroxyl groups is 1. The van der Waals surface area contributed by atoms with E-state index in [1.807, 2.05) is 0 Å². The second-order valence-electron chi connectivity index (χ2n) is 1.69. The highest BCUT2D eigenvalue weighted by molar-refractivity contribution is 5.08. The lowest BCUT2D eigenvalue weighted by atomic mass is 10.3. The second kappa shape index (κ2) is 3.47. The van der Waals surface area contributed by atoms with Crippen molar-refractivity contribution >= 4 is 0 Å². The Labute approximate surface area is 56.9 Å². The molecular formula is C6H7F3O. The molecule has 1 atom stereocenters. The Morgan fingerprint density at radius 2 is 2.00 bits per heavy atom. The Balaban J connectivity index is 3.91. The summed E-state index contributed by atoms with van der Waals surface area (Å²) in [6.45, 7) is 1.55. The molecule has 0 saturated heterocycles. The summed E-state index contributed by atoms with van der Waals surface area (Å²) in [7, 11) is 0. The van der Waals surface area contributed by atoms with Gasteiger partial charge >= 0.3 is 6.18 Å². The van der Waals surface area contributed by atoms with Gasteiger partial charge in [-0.1, -0.05) is 12.8 Å². The largest absolute Gasteiger partial charge is 0.457 e. The van der Waals surface area contributed by atoms with Gasteiger partial charge in [-0.15, -0.1) is 0 Å². The molecule has 0 aromatic carbocycles. The molecule has 0 aliphatic carbocycles. The molecule has 0 heterocycles. The first-order valence-corrected chi connectivity index (χ1v) is 2.73. The Hall–Kier alpha value is -0.690. The normalized spacial score (nSPS) is 13.7. The maximum Gasteiger partial charge on any atom is 0.457 e. The summed E-state index contributed by atoms with van der Waals surface area (Å²) in [6, 6.07) is 0. The van der Waals surface area contributed by atoms with Crippen LogP contribution in [0.2, 0.25) is 0 Å². The van der Waals surface area contributed by atoms with E-state index in [1.54, 1.807) is 12.8 Å². The van der Waals surface area contributed by atoms with E-state index in [0.29, 0.717) is 0 Å². The summed E-state index contributed by atoms with van der Waals surface area (Å²) in [5.74, 6) is 2.63. The molecule has 0 rings (SSSR count). The highest BCUT2D eigenvalue weighted by atomic mass is 19.4. The van der Waals surface area contributed by atoms with Crippen molar-refractivity contribution in [2.45, 2.75) is 25.6 Å². The Kier molecular flexibility index (Phi) is 3.23. The van der Waals surface area contributed by atoms with Crippen molar-refractivity contribution in [3.63, 3.8) is 0 Å². The zero-order valence-corrected chi connectivity index (χ0v) is 5.37. The first-order valence-electron chi connectivity index (χ1n) is 2.73. The summed E-state index contributed by atoms with van der Waals surface area (Å²) in [4.78, 5) is 0. The minimum Gasteiger partial charge on any atom is -0.380 e. The van der Waals surface area contributed by atoms with Crippen LogP contribution in [0.3, 0.4) is 0 Å². The molecule has 0 amide bonds. The van der Waals surface area contributed by atoms with Gasteiger partial charge in [0.15, 0.2) is 0 Å². The van der Waals surface area contributed by atoms with Crippen molar-refractivity contribution in [3.8, 4) is 11.8 Å². The first kappa shape index (κ1) is 9.31. The average Bonchev–Trinajstić information content (AvgIpc) is 1.81. The number of rotatable bonds is 1. The zero-order chi connectivity index (χ0) is 8.20. The van der Waals surface area contributed by atoms with E-state index in [0.717, 1.165) is 5.92 Å². The quantitative estimate of drug-likeness (QED) is 0.562. The Morgan fingerprint density at radius 3 is 2.30 bits per heavy atom. The summed E-state index contributed by atoms with van der Waals surface area (Å²) in [6.07, 6.45) is -5.44. The van der Waals surface area contributed by atoms with Crippen molar-refractivity contribution in [1.82, 2.24) is 0 Å². The van der Waals surface area contributed by atoms with Gasteiger partial charge in [-0.05, 0) is 6.42 Å².